The average molecular weight is 154 g/mol. The van der Waals surface area contributed by atoms with E-state index in [1.807, 2.05) is 6.92 Å². The lowest BCUT2D eigenvalue weighted by Gasteiger charge is -2.03. The number of hydrogen-bond donors (Lipinski definition) is 1. The number of nitrogen functional groups attached to an aromatic ring is 1. The summed E-state index contributed by atoms with van der Waals surface area (Å²) in [4.78, 5) is 3.94. The molecule has 0 unspecified atom stereocenters. The van der Waals surface area contributed by atoms with Gasteiger partial charge in [0, 0.05) is 17.3 Å². The van der Waals surface area contributed by atoms with Gasteiger partial charge in [-0.25, -0.2) is 9.37 Å². The van der Waals surface area contributed by atoms with Crippen LogP contribution in [0.5, 0.6) is 0 Å². The number of aromatic nitrogens is 1. The maximum Gasteiger partial charge on any atom is 0.131 e. The van der Waals surface area contributed by atoms with Gasteiger partial charge in [0.2, 0.25) is 0 Å². The Bertz CT molecular complexity index is 248. The fraction of sp³-hybridized carbons (Fsp3) is 0.375. The first kappa shape index (κ1) is 7.98. The molecule has 3 heteroatoms. The first-order chi connectivity index (χ1) is 5.15. The highest BCUT2D eigenvalue weighted by Crippen LogP contribution is 2.13. The van der Waals surface area contributed by atoms with Gasteiger partial charge >= 0.3 is 0 Å². The van der Waals surface area contributed by atoms with Crippen LogP contribution in [0.3, 0.4) is 0 Å². The van der Waals surface area contributed by atoms with Crippen molar-refractivity contribution in [2.75, 3.05) is 5.73 Å². The van der Waals surface area contributed by atoms with Gasteiger partial charge in [0.05, 0.1) is 0 Å². The van der Waals surface area contributed by atoms with Crippen molar-refractivity contribution < 1.29 is 4.39 Å². The van der Waals surface area contributed by atoms with Crippen molar-refractivity contribution in [3.8, 4) is 0 Å². The van der Waals surface area contributed by atoms with Gasteiger partial charge in [-0.05, 0) is 13.3 Å². The summed E-state index contributed by atoms with van der Waals surface area (Å²) in [5.74, 6) is -0.00491. The van der Waals surface area contributed by atoms with Crippen LogP contribution in [0.1, 0.15) is 18.2 Å². The summed E-state index contributed by atoms with van der Waals surface area (Å²) < 4.78 is 13.0. The number of nitrogens with zero attached hydrogens (tertiary/aromatic N) is 1. The van der Waals surface area contributed by atoms with Crippen LogP contribution in [-0.4, -0.2) is 4.98 Å². The van der Waals surface area contributed by atoms with Gasteiger partial charge in [-0.2, -0.15) is 0 Å². The van der Waals surface area contributed by atoms with E-state index < -0.39 is 0 Å². The Hall–Kier alpha value is -1.12. The molecule has 0 radical (unpaired) electrons. The predicted molar refractivity (Wildman–Crippen MR) is 42.7 cm³/mol. The third-order valence-corrected chi connectivity index (χ3v) is 1.65. The lowest BCUT2D eigenvalue weighted by molar-refractivity contribution is 0.607. The standard InChI is InChI=1S/C8H11FN2/c1-3-6-5(2)11-8(10)4-7(6)9/h4H,3H2,1-2H3,(H2,10,11). The van der Waals surface area contributed by atoms with Gasteiger partial charge in [-0.3, -0.25) is 0 Å². The van der Waals surface area contributed by atoms with E-state index in [1.54, 1.807) is 6.92 Å². The molecule has 1 heterocycles. The largest absolute Gasteiger partial charge is 0.384 e. The second kappa shape index (κ2) is 2.86. The highest BCUT2D eigenvalue weighted by Gasteiger charge is 2.05. The van der Waals surface area contributed by atoms with Crippen LogP contribution in [0.2, 0.25) is 0 Å². The summed E-state index contributed by atoms with van der Waals surface area (Å²) >= 11 is 0. The van der Waals surface area contributed by atoms with E-state index in [1.165, 1.54) is 6.07 Å². The molecule has 1 aromatic rings. The molecule has 0 aliphatic carbocycles. The molecule has 60 valence electrons. The van der Waals surface area contributed by atoms with Crippen molar-refractivity contribution in [1.82, 2.24) is 4.98 Å². The number of hydrogen-bond acceptors (Lipinski definition) is 2. The summed E-state index contributed by atoms with van der Waals surface area (Å²) in [7, 11) is 0. The predicted octanol–water partition coefficient (Wildman–Crippen LogP) is 1.67. The van der Waals surface area contributed by atoms with Gasteiger partial charge in [0.25, 0.3) is 0 Å². The minimum atomic E-state index is -0.252. The average Bonchev–Trinajstić information content (AvgIpc) is 1.85. The summed E-state index contributed by atoms with van der Waals surface area (Å²) in [6.07, 6.45) is 0.658. The molecule has 0 amide bonds. The zero-order chi connectivity index (χ0) is 8.43. The number of pyridine rings is 1. The quantitative estimate of drug-likeness (QED) is 0.668. The van der Waals surface area contributed by atoms with Crippen molar-refractivity contribution in [2.45, 2.75) is 20.3 Å². The molecule has 1 rings (SSSR count). The first-order valence-corrected chi connectivity index (χ1v) is 3.56. The van der Waals surface area contributed by atoms with E-state index in [-0.39, 0.29) is 11.6 Å². The topological polar surface area (TPSA) is 38.9 Å². The van der Waals surface area contributed by atoms with Crippen LogP contribution in [0, 0.1) is 12.7 Å². The number of rotatable bonds is 1. The van der Waals surface area contributed by atoms with Crippen LogP contribution < -0.4 is 5.73 Å². The summed E-state index contributed by atoms with van der Waals surface area (Å²) in [6.45, 7) is 3.65. The molecule has 2 N–H and O–H groups in total. The number of nitrogens with two attached hydrogens (primary N) is 1. The molecular formula is C8H11FN2. The molecule has 0 aliphatic rings. The van der Waals surface area contributed by atoms with Crippen LogP contribution in [-0.2, 0) is 6.42 Å². The van der Waals surface area contributed by atoms with Crippen LogP contribution in [0.4, 0.5) is 10.2 Å². The van der Waals surface area contributed by atoms with Gasteiger partial charge in [-0.15, -0.1) is 0 Å². The maximum atomic E-state index is 13.0. The lowest BCUT2D eigenvalue weighted by atomic mass is 10.1. The monoisotopic (exact) mass is 154 g/mol. The van der Waals surface area contributed by atoms with E-state index in [9.17, 15) is 4.39 Å². The normalized spacial score (nSPS) is 10.1. The molecular weight excluding hydrogens is 143 g/mol. The second-order valence-electron chi connectivity index (χ2n) is 2.45. The fourth-order valence-corrected chi connectivity index (χ4v) is 1.11. The number of aryl methyl sites for hydroxylation is 1. The Balaban J connectivity index is 3.25. The van der Waals surface area contributed by atoms with E-state index >= 15 is 0 Å². The Kier molecular flexibility index (Phi) is 2.08. The van der Waals surface area contributed by atoms with Crippen molar-refractivity contribution in [1.29, 1.82) is 0 Å². The Morgan fingerprint density at radius 1 is 1.64 bits per heavy atom. The van der Waals surface area contributed by atoms with Crippen molar-refractivity contribution in [3.63, 3.8) is 0 Å². The molecule has 0 saturated heterocycles. The van der Waals surface area contributed by atoms with Gasteiger partial charge in [0.1, 0.15) is 11.6 Å². The Labute approximate surface area is 65.3 Å². The minimum Gasteiger partial charge on any atom is -0.384 e. The highest BCUT2D eigenvalue weighted by atomic mass is 19.1. The number of halogens is 1. The van der Waals surface area contributed by atoms with E-state index in [4.69, 9.17) is 5.73 Å². The zero-order valence-corrected chi connectivity index (χ0v) is 6.69. The van der Waals surface area contributed by atoms with E-state index in [0.29, 0.717) is 17.7 Å². The summed E-state index contributed by atoms with van der Waals surface area (Å²) in [6, 6.07) is 1.26. The SMILES string of the molecule is CCc1c(F)cc(N)nc1C. The molecule has 0 atom stereocenters. The van der Waals surface area contributed by atoms with Crippen molar-refractivity contribution >= 4 is 5.82 Å². The van der Waals surface area contributed by atoms with E-state index in [0.717, 1.165) is 0 Å². The fourth-order valence-electron chi connectivity index (χ4n) is 1.11. The third-order valence-electron chi connectivity index (χ3n) is 1.65. The maximum absolute atomic E-state index is 13.0. The minimum absolute atomic E-state index is 0.247. The Morgan fingerprint density at radius 3 is 2.73 bits per heavy atom. The molecule has 0 bridgehead atoms. The molecule has 0 fully saturated rings. The van der Waals surface area contributed by atoms with E-state index in [2.05, 4.69) is 4.98 Å². The van der Waals surface area contributed by atoms with Crippen LogP contribution in [0.25, 0.3) is 0 Å². The molecule has 0 spiro atoms. The number of anilines is 1. The molecule has 0 saturated carbocycles. The van der Waals surface area contributed by atoms with Gasteiger partial charge in [-0.1, -0.05) is 6.92 Å². The second-order valence-corrected chi connectivity index (χ2v) is 2.45. The summed E-state index contributed by atoms with van der Waals surface area (Å²) in [5, 5.41) is 0. The first-order valence-electron chi connectivity index (χ1n) is 3.56. The van der Waals surface area contributed by atoms with Gasteiger partial charge in [0.15, 0.2) is 0 Å². The summed E-state index contributed by atoms with van der Waals surface area (Å²) in [5.41, 5.74) is 6.67. The molecule has 0 aliphatic heterocycles. The van der Waals surface area contributed by atoms with Crippen LogP contribution >= 0.6 is 0 Å². The third kappa shape index (κ3) is 1.48. The molecule has 1 aromatic heterocycles. The van der Waals surface area contributed by atoms with Crippen molar-refractivity contribution in [3.05, 3.63) is 23.1 Å². The highest BCUT2D eigenvalue weighted by molar-refractivity contribution is 5.34. The van der Waals surface area contributed by atoms with Crippen LogP contribution in [0.15, 0.2) is 6.07 Å². The molecule has 0 aromatic carbocycles. The molecule has 2 nitrogen and oxygen atoms in total. The zero-order valence-electron chi connectivity index (χ0n) is 6.69. The lowest BCUT2D eigenvalue weighted by Crippen LogP contribution is -2.00. The smallest absolute Gasteiger partial charge is 0.131 e. The van der Waals surface area contributed by atoms with Gasteiger partial charge < -0.3 is 5.73 Å². The van der Waals surface area contributed by atoms with Crippen molar-refractivity contribution in [2.24, 2.45) is 0 Å². The molecule has 11 heavy (non-hydrogen) atoms. The Morgan fingerprint density at radius 2 is 2.27 bits per heavy atom.